The molecule has 1 N–H and O–H groups in total. The highest BCUT2D eigenvalue weighted by Crippen LogP contribution is 2.34. The Hall–Kier alpha value is -3.02. The molecule has 3 aromatic rings. The molecule has 0 spiro atoms. The maximum Gasteiger partial charge on any atom is 0.141 e. The monoisotopic (exact) mass is 322 g/mol. The maximum atomic E-state index is 13.7. The maximum absolute atomic E-state index is 13.7. The second kappa shape index (κ2) is 5.88. The fourth-order valence-electron chi connectivity index (χ4n) is 2.90. The number of H-pyrrole nitrogens is 1. The number of hydrogen-bond acceptors (Lipinski definition) is 4. The Kier molecular flexibility index (Phi) is 3.57. The van der Waals surface area contributed by atoms with Gasteiger partial charge in [0.1, 0.15) is 23.5 Å². The van der Waals surface area contributed by atoms with Crippen molar-refractivity contribution in [2.75, 3.05) is 13.7 Å². The highest BCUT2D eigenvalue weighted by Gasteiger charge is 2.16. The van der Waals surface area contributed by atoms with Crippen molar-refractivity contribution in [2.24, 2.45) is 4.99 Å². The lowest BCUT2D eigenvalue weighted by Gasteiger charge is -2.08. The quantitative estimate of drug-likeness (QED) is 0.801. The number of allylic oxidation sites excluding steroid dienone is 1. The second-order valence-corrected chi connectivity index (χ2v) is 5.49. The average Bonchev–Trinajstić information content (AvgIpc) is 3.06. The number of dihydropyridines is 1. The van der Waals surface area contributed by atoms with Crippen LogP contribution in [-0.2, 0) is 0 Å². The molecule has 1 aliphatic rings. The summed E-state index contributed by atoms with van der Waals surface area (Å²) < 4.78 is 19.1. The van der Waals surface area contributed by atoms with Crippen LogP contribution in [0, 0.1) is 5.82 Å². The lowest BCUT2D eigenvalue weighted by Crippen LogP contribution is -1.93. The number of aliphatic imine (C=N–C) groups is 1. The van der Waals surface area contributed by atoms with Crippen LogP contribution >= 0.6 is 0 Å². The van der Waals surface area contributed by atoms with E-state index in [4.69, 9.17) is 4.74 Å². The van der Waals surface area contributed by atoms with E-state index in [1.807, 2.05) is 12.3 Å². The van der Waals surface area contributed by atoms with E-state index in [9.17, 15) is 4.39 Å². The zero-order valence-corrected chi connectivity index (χ0v) is 13.1. The van der Waals surface area contributed by atoms with Gasteiger partial charge >= 0.3 is 0 Å². The minimum absolute atomic E-state index is 0.334. The Morgan fingerprint density at radius 2 is 2.12 bits per heavy atom. The molecule has 0 atom stereocenters. The molecule has 1 aliphatic heterocycles. The Morgan fingerprint density at radius 3 is 2.92 bits per heavy atom. The third-order valence-electron chi connectivity index (χ3n) is 4.07. The first-order valence-corrected chi connectivity index (χ1v) is 7.61. The first-order chi connectivity index (χ1) is 11.8. The second-order valence-electron chi connectivity index (χ2n) is 5.49. The van der Waals surface area contributed by atoms with Gasteiger partial charge in [-0.15, -0.1) is 0 Å². The van der Waals surface area contributed by atoms with E-state index in [2.05, 4.69) is 26.0 Å². The van der Waals surface area contributed by atoms with Crippen molar-refractivity contribution in [3.8, 4) is 17.0 Å². The van der Waals surface area contributed by atoms with E-state index < -0.39 is 0 Å². The minimum atomic E-state index is -0.334. The molecule has 6 heteroatoms. The van der Waals surface area contributed by atoms with Gasteiger partial charge < -0.3 is 9.72 Å². The number of hydrogen-bond donors (Lipinski definition) is 1. The van der Waals surface area contributed by atoms with Crippen LogP contribution in [-0.4, -0.2) is 34.8 Å². The molecular weight excluding hydrogens is 307 g/mol. The van der Waals surface area contributed by atoms with Gasteiger partial charge in [-0.05, 0) is 29.8 Å². The average molecular weight is 322 g/mol. The molecule has 2 aromatic heterocycles. The summed E-state index contributed by atoms with van der Waals surface area (Å²) in [6.07, 6.45) is 6.24. The number of nitrogens with zero attached hydrogens (tertiary/aromatic N) is 3. The van der Waals surface area contributed by atoms with Crippen LogP contribution in [0.2, 0.25) is 0 Å². The molecule has 5 nitrogen and oxygen atoms in total. The van der Waals surface area contributed by atoms with E-state index in [0.717, 1.165) is 17.5 Å². The zero-order chi connectivity index (χ0) is 16.5. The van der Waals surface area contributed by atoms with Crippen LogP contribution in [0.3, 0.4) is 0 Å². The van der Waals surface area contributed by atoms with Gasteiger partial charge in [0.05, 0.1) is 19.3 Å². The number of fused-ring (bicyclic) bond motifs is 1. The van der Waals surface area contributed by atoms with Crippen molar-refractivity contribution in [1.29, 1.82) is 0 Å². The molecule has 0 bridgehead atoms. The normalized spacial score (nSPS) is 14.0. The fraction of sp³-hybridized carbons (Fsp3) is 0.167. The van der Waals surface area contributed by atoms with Crippen LogP contribution in [0.4, 0.5) is 4.39 Å². The summed E-state index contributed by atoms with van der Waals surface area (Å²) in [6, 6.07) is 6.40. The van der Waals surface area contributed by atoms with Crippen molar-refractivity contribution < 1.29 is 9.13 Å². The van der Waals surface area contributed by atoms with Crippen molar-refractivity contribution in [2.45, 2.75) is 6.42 Å². The van der Waals surface area contributed by atoms with Gasteiger partial charge in [0.25, 0.3) is 0 Å². The van der Waals surface area contributed by atoms with Crippen molar-refractivity contribution in [3.05, 3.63) is 48.2 Å². The standard InChI is InChI=1S/C18H15FN4O/c1-24-16-3-2-12(19)8-13(16)17-14-9-15(11-4-6-20-7-5-11)23-18(14)22-10-21-17/h2-4,7-10H,5-6H2,1H3,(H,21,22,23). The van der Waals surface area contributed by atoms with Crippen LogP contribution in [0.1, 0.15) is 12.1 Å². The Bertz CT molecular complexity index is 974. The first-order valence-electron chi connectivity index (χ1n) is 7.61. The summed E-state index contributed by atoms with van der Waals surface area (Å²) in [4.78, 5) is 16.2. The summed E-state index contributed by atoms with van der Waals surface area (Å²) in [5.74, 6) is 0.239. The van der Waals surface area contributed by atoms with Crippen LogP contribution in [0.5, 0.6) is 5.75 Å². The Labute approximate surface area is 137 Å². The van der Waals surface area contributed by atoms with Crippen LogP contribution in [0.15, 0.2) is 41.7 Å². The molecule has 4 rings (SSSR count). The Balaban J connectivity index is 1.89. The van der Waals surface area contributed by atoms with Gasteiger partial charge in [-0.25, -0.2) is 14.4 Å². The van der Waals surface area contributed by atoms with E-state index in [1.54, 1.807) is 13.2 Å². The van der Waals surface area contributed by atoms with E-state index in [0.29, 0.717) is 29.2 Å². The Morgan fingerprint density at radius 1 is 1.21 bits per heavy atom. The number of halogens is 1. The van der Waals surface area contributed by atoms with E-state index in [1.165, 1.54) is 24.0 Å². The van der Waals surface area contributed by atoms with Gasteiger partial charge in [-0.1, -0.05) is 6.08 Å². The molecule has 0 fully saturated rings. The van der Waals surface area contributed by atoms with E-state index >= 15 is 0 Å². The molecule has 120 valence electrons. The van der Waals surface area contributed by atoms with Crippen molar-refractivity contribution >= 4 is 22.8 Å². The van der Waals surface area contributed by atoms with Gasteiger partial charge in [-0.3, -0.25) is 4.99 Å². The number of aromatic nitrogens is 3. The molecule has 1 aromatic carbocycles. The molecule has 24 heavy (non-hydrogen) atoms. The number of aromatic amines is 1. The van der Waals surface area contributed by atoms with Gasteiger partial charge in [0.15, 0.2) is 0 Å². The predicted molar refractivity (Wildman–Crippen MR) is 91.8 cm³/mol. The smallest absolute Gasteiger partial charge is 0.141 e. The molecular formula is C18H15FN4O. The van der Waals surface area contributed by atoms with Gasteiger partial charge in [0, 0.05) is 29.3 Å². The third kappa shape index (κ3) is 2.46. The molecule has 0 amide bonds. The summed E-state index contributed by atoms with van der Waals surface area (Å²) in [5, 5.41) is 0.833. The number of methoxy groups -OCH3 is 1. The lowest BCUT2D eigenvalue weighted by molar-refractivity contribution is 0.415. The van der Waals surface area contributed by atoms with Crippen LogP contribution in [0.25, 0.3) is 27.9 Å². The predicted octanol–water partition coefficient (Wildman–Crippen LogP) is 3.63. The summed E-state index contributed by atoms with van der Waals surface area (Å²) in [6.45, 7) is 0.682. The lowest BCUT2D eigenvalue weighted by atomic mass is 10.1. The van der Waals surface area contributed by atoms with Crippen molar-refractivity contribution in [3.63, 3.8) is 0 Å². The third-order valence-corrected chi connectivity index (χ3v) is 4.07. The van der Waals surface area contributed by atoms with Crippen molar-refractivity contribution in [1.82, 2.24) is 15.0 Å². The molecule has 3 heterocycles. The number of benzene rings is 1. The fourth-order valence-corrected chi connectivity index (χ4v) is 2.90. The zero-order valence-electron chi connectivity index (χ0n) is 13.1. The highest BCUT2D eigenvalue weighted by atomic mass is 19.1. The largest absolute Gasteiger partial charge is 0.496 e. The molecule has 0 unspecified atom stereocenters. The summed E-state index contributed by atoms with van der Waals surface area (Å²) >= 11 is 0. The van der Waals surface area contributed by atoms with E-state index in [-0.39, 0.29) is 5.82 Å². The van der Waals surface area contributed by atoms with Crippen LogP contribution < -0.4 is 4.74 Å². The van der Waals surface area contributed by atoms with Gasteiger partial charge in [0.2, 0.25) is 0 Å². The minimum Gasteiger partial charge on any atom is -0.496 e. The summed E-state index contributed by atoms with van der Waals surface area (Å²) in [5.41, 5.74) is 4.11. The number of nitrogens with one attached hydrogen (secondary N) is 1. The molecule has 0 radical (unpaired) electrons. The molecule has 0 aliphatic carbocycles. The molecule has 0 saturated carbocycles. The number of ether oxygens (including phenoxy) is 1. The summed E-state index contributed by atoms with van der Waals surface area (Å²) in [7, 11) is 1.56. The molecule has 0 saturated heterocycles. The SMILES string of the molecule is COc1ccc(F)cc1-c1ncnc2[nH]c(C3=CCN=CC3)cc12. The topological polar surface area (TPSA) is 63.2 Å². The highest BCUT2D eigenvalue weighted by molar-refractivity contribution is 5.95. The first kappa shape index (κ1) is 14.6. The number of rotatable bonds is 3. The van der Waals surface area contributed by atoms with Gasteiger partial charge in [-0.2, -0.15) is 0 Å².